The van der Waals surface area contributed by atoms with E-state index in [1.54, 1.807) is 0 Å². The first-order chi connectivity index (χ1) is 8.39. The molecule has 0 saturated heterocycles. The van der Waals surface area contributed by atoms with E-state index in [0.29, 0.717) is 5.67 Å². The lowest BCUT2D eigenvalue weighted by Crippen LogP contribution is -2.40. The molecule has 2 rings (SSSR count). The minimum Gasteiger partial charge on any atom is -0.305 e. The van der Waals surface area contributed by atoms with Gasteiger partial charge in [0.05, 0.1) is 8.07 Å². The maximum absolute atomic E-state index is 2.44. The van der Waals surface area contributed by atoms with Gasteiger partial charge >= 0.3 is 0 Å². The van der Waals surface area contributed by atoms with Crippen molar-refractivity contribution < 1.29 is 0 Å². The topological polar surface area (TPSA) is 3.24 Å². The number of fused-ring (bicyclic) bond motifs is 1. The molecule has 2 aromatic carbocycles. The van der Waals surface area contributed by atoms with Crippen LogP contribution in [0.15, 0.2) is 42.5 Å². The normalized spacial score (nSPS) is 14.1. The molecule has 1 nitrogen and oxygen atoms in total. The van der Waals surface area contributed by atoms with Gasteiger partial charge in [-0.05, 0) is 36.5 Å². The minimum atomic E-state index is -1.25. The zero-order valence-electron chi connectivity index (χ0n) is 12.1. The number of benzene rings is 2. The average molecular weight is 257 g/mol. The first-order valence-electron chi connectivity index (χ1n) is 6.55. The van der Waals surface area contributed by atoms with Gasteiger partial charge in [-0.1, -0.05) is 56.0 Å². The largest absolute Gasteiger partial charge is 0.305 e. The Morgan fingerprint density at radius 2 is 1.50 bits per heavy atom. The molecule has 0 aliphatic heterocycles. The van der Waals surface area contributed by atoms with Gasteiger partial charge in [-0.25, -0.2) is 0 Å². The van der Waals surface area contributed by atoms with Gasteiger partial charge in [-0.3, -0.25) is 0 Å². The van der Waals surface area contributed by atoms with Gasteiger partial charge in [0.25, 0.3) is 0 Å². The van der Waals surface area contributed by atoms with Crippen molar-refractivity contribution >= 4 is 18.8 Å². The zero-order valence-corrected chi connectivity index (χ0v) is 13.1. The molecule has 2 heteroatoms. The molecule has 96 valence electrons. The second-order valence-electron chi connectivity index (χ2n) is 6.34. The summed E-state index contributed by atoms with van der Waals surface area (Å²) in [6.45, 7) is 7.31. The molecule has 1 unspecified atom stereocenters. The lowest BCUT2D eigenvalue weighted by molar-refractivity contribution is 0.372. The SMILES string of the molecule is CN(C)C(c1ccc2ccccc2c1)[Si](C)(C)C. The van der Waals surface area contributed by atoms with Gasteiger partial charge in [0, 0.05) is 5.67 Å². The minimum absolute atomic E-state index is 0.571. The van der Waals surface area contributed by atoms with Crippen molar-refractivity contribution in [2.45, 2.75) is 25.3 Å². The molecule has 0 saturated carbocycles. The van der Waals surface area contributed by atoms with Crippen molar-refractivity contribution in [1.82, 2.24) is 4.90 Å². The van der Waals surface area contributed by atoms with Gasteiger partial charge in [-0.2, -0.15) is 0 Å². The van der Waals surface area contributed by atoms with E-state index in [2.05, 4.69) is 81.1 Å². The van der Waals surface area contributed by atoms with Gasteiger partial charge < -0.3 is 4.90 Å². The third kappa shape index (κ3) is 2.65. The zero-order chi connectivity index (χ0) is 13.3. The van der Waals surface area contributed by atoms with Crippen LogP contribution in [0.4, 0.5) is 0 Å². The predicted molar refractivity (Wildman–Crippen MR) is 83.7 cm³/mol. The molecule has 0 fully saturated rings. The van der Waals surface area contributed by atoms with E-state index >= 15 is 0 Å². The van der Waals surface area contributed by atoms with E-state index in [9.17, 15) is 0 Å². The molecular formula is C16H23NSi. The van der Waals surface area contributed by atoms with Crippen LogP contribution in [0.25, 0.3) is 10.8 Å². The van der Waals surface area contributed by atoms with Gasteiger partial charge in [0.15, 0.2) is 0 Å². The Morgan fingerprint density at radius 3 is 2.06 bits per heavy atom. The summed E-state index contributed by atoms with van der Waals surface area (Å²) >= 11 is 0. The smallest absolute Gasteiger partial charge is 0.0694 e. The molecule has 0 aliphatic rings. The van der Waals surface area contributed by atoms with Crippen LogP contribution in [0.5, 0.6) is 0 Å². The quantitative estimate of drug-likeness (QED) is 0.740. The van der Waals surface area contributed by atoms with Crippen molar-refractivity contribution in [3.63, 3.8) is 0 Å². The van der Waals surface area contributed by atoms with Crippen LogP contribution in [0.1, 0.15) is 11.2 Å². The third-order valence-corrected chi connectivity index (χ3v) is 5.92. The van der Waals surface area contributed by atoms with E-state index in [1.807, 2.05) is 0 Å². The van der Waals surface area contributed by atoms with Crippen molar-refractivity contribution in [2.75, 3.05) is 14.1 Å². The fraction of sp³-hybridized carbons (Fsp3) is 0.375. The molecular weight excluding hydrogens is 234 g/mol. The number of hydrogen-bond donors (Lipinski definition) is 0. The summed E-state index contributed by atoms with van der Waals surface area (Å²) < 4.78 is 0. The van der Waals surface area contributed by atoms with E-state index in [0.717, 1.165) is 0 Å². The Bertz CT molecular complexity index is 540. The highest BCUT2D eigenvalue weighted by Crippen LogP contribution is 2.30. The Kier molecular flexibility index (Phi) is 3.60. The van der Waals surface area contributed by atoms with Crippen LogP contribution < -0.4 is 0 Å². The lowest BCUT2D eigenvalue weighted by atomic mass is 10.1. The summed E-state index contributed by atoms with van der Waals surface area (Å²) in [6, 6.07) is 15.5. The second kappa shape index (κ2) is 4.86. The summed E-state index contributed by atoms with van der Waals surface area (Å²) in [4.78, 5) is 2.37. The van der Waals surface area contributed by atoms with Gasteiger partial charge in [-0.15, -0.1) is 0 Å². The molecule has 0 heterocycles. The Balaban J connectivity index is 2.51. The average Bonchev–Trinajstić information content (AvgIpc) is 2.26. The van der Waals surface area contributed by atoms with Gasteiger partial charge in [0.2, 0.25) is 0 Å². The number of nitrogens with zero attached hydrogens (tertiary/aromatic N) is 1. The highest BCUT2D eigenvalue weighted by molar-refractivity contribution is 6.77. The standard InChI is InChI=1S/C16H23NSi/c1-17(2)16(18(3,4)5)15-11-10-13-8-6-7-9-14(13)12-15/h6-12,16H,1-5H3. The lowest BCUT2D eigenvalue weighted by Gasteiger charge is -2.35. The van der Waals surface area contributed by atoms with E-state index in [1.165, 1.54) is 16.3 Å². The first kappa shape index (κ1) is 13.3. The molecule has 0 spiro atoms. The van der Waals surface area contributed by atoms with Gasteiger partial charge in [0.1, 0.15) is 0 Å². The van der Waals surface area contributed by atoms with Crippen LogP contribution in [-0.2, 0) is 0 Å². The molecule has 1 atom stereocenters. The molecule has 0 N–H and O–H groups in total. The maximum atomic E-state index is 2.44. The Hall–Kier alpha value is -1.12. The van der Waals surface area contributed by atoms with Crippen LogP contribution in [0.2, 0.25) is 19.6 Å². The van der Waals surface area contributed by atoms with E-state index < -0.39 is 8.07 Å². The second-order valence-corrected chi connectivity index (χ2v) is 11.6. The van der Waals surface area contributed by atoms with Crippen LogP contribution in [0, 0.1) is 0 Å². The fourth-order valence-electron chi connectivity index (χ4n) is 2.95. The van der Waals surface area contributed by atoms with Crippen LogP contribution >= 0.6 is 0 Å². The summed E-state index contributed by atoms with van der Waals surface area (Å²) in [7, 11) is 3.13. The predicted octanol–water partition coefficient (Wildman–Crippen LogP) is 4.32. The van der Waals surface area contributed by atoms with Crippen molar-refractivity contribution in [1.29, 1.82) is 0 Å². The molecule has 0 aromatic heterocycles. The Labute approximate surface area is 111 Å². The fourth-order valence-corrected chi connectivity index (χ4v) is 5.68. The summed E-state index contributed by atoms with van der Waals surface area (Å²) in [5.74, 6) is 0. The summed E-state index contributed by atoms with van der Waals surface area (Å²) in [5, 5.41) is 2.68. The maximum Gasteiger partial charge on any atom is 0.0694 e. The molecule has 18 heavy (non-hydrogen) atoms. The molecule has 0 aliphatic carbocycles. The van der Waals surface area contributed by atoms with Crippen LogP contribution in [0.3, 0.4) is 0 Å². The van der Waals surface area contributed by atoms with Crippen molar-refractivity contribution in [3.05, 3.63) is 48.0 Å². The van der Waals surface area contributed by atoms with E-state index in [-0.39, 0.29) is 0 Å². The third-order valence-electron chi connectivity index (χ3n) is 3.43. The molecule has 0 bridgehead atoms. The molecule has 0 radical (unpaired) electrons. The molecule has 0 amide bonds. The summed E-state index contributed by atoms with van der Waals surface area (Å²) in [5.41, 5.74) is 2.03. The van der Waals surface area contributed by atoms with Crippen molar-refractivity contribution in [2.24, 2.45) is 0 Å². The highest BCUT2D eigenvalue weighted by Gasteiger charge is 2.29. The highest BCUT2D eigenvalue weighted by atomic mass is 28.3. The Morgan fingerprint density at radius 1 is 0.889 bits per heavy atom. The number of hydrogen-bond acceptors (Lipinski definition) is 1. The van der Waals surface area contributed by atoms with Crippen LogP contribution in [-0.4, -0.2) is 27.1 Å². The first-order valence-corrected chi connectivity index (χ1v) is 10.1. The molecule has 2 aromatic rings. The monoisotopic (exact) mass is 257 g/mol. The number of rotatable bonds is 3. The van der Waals surface area contributed by atoms with Crippen molar-refractivity contribution in [3.8, 4) is 0 Å². The van der Waals surface area contributed by atoms with E-state index in [4.69, 9.17) is 0 Å². The summed E-state index contributed by atoms with van der Waals surface area (Å²) in [6.07, 6.45) is 0.